The van der Waals surface area contributed by atoms with Crippen LogP contribution in [0.5, 0.6) is 40.2 Å². The lowest BCUT2D eigenvalue weighted by Gasteiger charge is -2.26. The first-order chi connectivity index (χ1) is 45.7. The van der Waals surface area contributed by atoms with E-state index >= 15 is 0 Å². The van der Waals surface area contributed by atoms with Gasteiger partial charge in [-0.15, -0.1) is 0 Å². The Bertz CT molecular complexity index is 3420. The Balaban J connectivity index is 0.000000241. The second kappa shape index (κ2) is 44.7. The molecule has 1 fully saturated rings. The highest BCUT2D eigenvalue weighted by atomic mass is 32.2. The Hall–Kier alpha value is -8.84. The second-order valence-corrected chi connectivity index (χ2v) is 21.8. The molecule has 0 atom stereocenters. The molecule has 21 nitrogen and oxygen atoms in total. The second-order valence-electron chi connectivity index (χ2n) is 20.0. The van der Waals surface area contributed by atoms with E-state index in [1.165, 1.54) is 31.4 Å². The third-order valence-corrected chi connectivity index (χ3v) is 14.7. The number of amides is 1. The number of hydrogen-bond acceptors (Lipinski definition) is 18. The van der Waals surface area contributed by atoms with Crippen LogP contribution in [0.4, 0.5) is 36.8 Å². The highest BCUT2D eigenvalue weighted by Crippen LogP contribution is 2.41. The van der Waals surface area contributed by atoms with Gasteiger partial charge in [0.25, 0.3) is 0 Å². The zero-order valence-electron chi connectivity index (χ0n) is 52.3. The first-order valence-electron chi connectivity index (χ1n) is 29.6. The van der Waals surface area contributed by atoms with Gasteiger partial charge in [-0.25, -0.2) is 44.3 Å². The summed E-state index contributed by atoms with van der Waals surface area (Å²) in [6.07, 6.45) is 8.14. The van der Waals surface area contributed by atoms with Crippen molar-refractivity contribution in [2.45, 2.75) is 37.6 Å². The van der Waals surface area contributed by atoms with E-state index < -0.39 is 16.1 Å². The number of carbonyl (C=O) groups excluding carboxylic acids is 1. The minimum Gasteiger partial charge on any atom is -0.489 e. The third kappa shape index (κ3) is 27.4. The summed E-state index contributed by atoms with van der Waals surface area (Å²) in [5.74, 6) is 4.00. The molecule has 512 valence electrons. The zero-order chi connectivity index (χ0) is 68.4. The molecule has 0 radical (unpaired) electrons. The van der Waals surface area contributed by atoms with Crippen LogP contribution in [0.3, 0.4) is 0 Å². The monoisotopic (exact) mass is 1340 g/mol. The summed E-state index contributed by atoms with van der Waals surface area (Å²) < 4.78 is 143. The fraction of sp³-hybridized carbons (Fsp3) is 0.318. The number of nitrogens with one attached hydrogen (secondary N) is 2. The normalized spacial score (nSPS) is 13.8. The SMILES string of the molecule is CCOC(=O)Nc1ccc(OC/C(=C/F)CN)cc1.NC/C(=C/F)COc1cccc2c1OCO2.NC/C(=C\F)CNS(=O)(=O)c1ccccc1.NC/C(=C\F)COc1cccc2c1OCO2.NC/C(=C\F)Cn1ccc2ccccc21.NCC(=CF)CN1CCCCC1. The molecule has 1 amide bonds. The predicted octanol–water partition coefficient (Wildman–Crippen LogP) is 10.2. The molecule has 4 heterocycles. The molecule has 14 N–H and O–H groups in total. The molecule has 5 aromatic carbocycles. The van der Waals surface area contributed by atoms with E-state index in [0.717, 1.165) is 24.0 Å². The van der Waals surface area contributed by atoms with Crippen LogP contribution >= 0.6 is 0 Å². The molecular formula is C66H84F6N10O11S. The number of carbonyl (C=O) groups is 1. The molecule has 28 heteroatoms. The van der Waals surface area contributed by atoms with Crippen molar-refractivity contribution in [2.75, 3.05) is 111 Å². The van der Waals surface area contributed by atoms with Gasteiger partial charge in [-0.2, -0.15) is 0 Å². The minimum absolute atomic E-state index is 0.0200. The summed E-state index contributed by atoms with van der Waals surface area (Å²) in [7, 11) is -3.59. The van der Waals surface area contributed by atoms with Gasteiger partial charge in [0, 0.05) is 93.0 Å². The fourth-order valence-electron chi connectivity index (χ4n) is 8.09. The van der Waals surface area contributed by atoms with E-state index in [0.29, 0.717) is 138 Å². The third-order valence-electron chi connectivity index (χ3n) is 13.3. The molecule has 1 saturated heterocycles. The maximum absolute atomic E-state index is 12.4. The van der Waals surface area contributed by atoms with Crippen LogP contribution in [0.2, 0.25) is 0 Å². The van der Waals surface area contributed by atoms with Gasteiger partial charge in [-0.1, -0.05) is 55.0 Å². The van der Waals surface area contributed by atoms with E-state index in [2.05, 4.69) is 14.9 Å². The van der Waals surface area contributed by atoms with Crippen molar-refractivity contribution in [1.29, 1.82) is 0 Å². The van der Waals surface area contributed by atoms with Gasteiger partial charge in [-0.3, -0.25) is 10.2 Å². The fourth-order valence-corrected chi connectivity index (χ4v) is 9.15. The minimum atomic E-state index is -3.59. The number of aromatic nitrogens is 1. The van der Waals surface area contributed by atoms with Crippen LogP contribution in [-0.4, -0.2) is 129 Å². The summed E-state index contributed by atoms with van der Waals surface area (Å²) in [5, 5.41) is 3.71. The molecule has 1 aromatic heterocycles. The largest absolute Gasteiger partial charge is 0.489 e. The van der Waals surface area contributed by atoms with Gasteiger partial charge in [0.2, 0.25) is 35.1 Å². The Labute approximate surface area is 544 Å². The van der Waals surface area contributed by atoms with E-state index in [9.17, 15) is 39.6 Å². The summed E-state index contributed by atoms with van der Waals surface area (Å²) in [6, 6.07) is 35.1. The summed E-state index contributed by atoms with van der Waals surface area (Å²) in [4.78, 5) is 13.6. The molecule has 0 unspecified atom stereocenters. The van der Waals surface area contributed by atoms with Crippen LogP contribution in [0.25, 0.3) is 10.9 Å². The Morgan fingerprint density at radius 2 is 1.01 bits per heavy atom. The average molecular weight is 1340 g/mol. The molecule has 0 aliphatic carbocycles. The maximum Gasteiger partial charge on any atom is 0.411 e. The molecule has 94 heavy (non-hydrogen) atoms. The van der Waals surface area contributed by atoms with E-state index in [4.69, 9.17) is 72.3 Å². The van der Waals surface area contributed by atoms with E-state index in [1.54, 1.807) is 85.8 Å². The number of rotatable bonds is 25. The number of halogens is 6. The van der Waals surface area contributed by atoms with E-state index in [-0.39, 0.29) is 83.1 Å². The van der Waals surface area contributed by atoms with Crippen LogP contribution in [0.1, 0.15) is 26.2 Å². The van der Waals surface area contributed by atoms with Crippen molar-refractivity contribution in [3.8, 4) is 40.2 Å². The van der Waals surface area contributed by atoms with Gasteiger partial charge in [0.1, 0.15) is 25.6 Å². The van der Waals surface area contributed by atoms with Crippen molar-refractivity contribution < 1.29 is 77.4 Å². The summed E-state index contributed by atoms with van der Waals surface area (Å²) in [5.41, 5.74) is 36.3. The number of ether oxygens (including phenoxy) is 8. The van der Waals surface area contributed by atoms with E-state index in [1.807, 2.05) is 41.1 Å². The molecule has 6 aromatic rings. The Morgan fingerprint density at radius 1 is 0.532 bits per heavy atom. The zero-order valence-corrected chi connectivity index (χ0v) is 53.1. The van der Waals surface area contributed by atoms with Crippen molar-refractivity contribution in [3.05, 3.63) is 199 Å². The molecule has 0 bridgehead atoms. The van der Waals surface area contributed by atoms with Crippen LogP contribution in [0, 0.1) is 0 Å². The number of sulfonamides is 1. The molecule has 9 rings (SSSR count). The summed E-state index contributed by atoms with van der Waals surface area (Å²) >= 11 is 0. The van der Waals surface area contributed by atoms with Crippen molar-refractivity contribution in [1.82, 2.24) is 14.2 Å². The molecule has 0 saturated carbocycles. The van der Waals surface area contributed by atoms with Gasteiger partial charge in [0.15, 0.2) is 23.0 Å². The maximum atomic E-state index is 12.4. The van der Waals surface area contributed by atoms with Gasteiger partial charge >= 0.3 is 6.09 Å². The standard InChI is InChI=1S/C13H17FN2O3.C12H13FN2.2C11H12FNO3.C10H13FN2O2S.C9H17FN2/c1-2-18-13(17)16-11-3-5-12(6-4-11)19-9-10(7-14)8-15;13-7-10(8-14)9-15-6-5-11-3-1-2-4-12(11)15;2*12-4-8(5-13)6-14-9-2-1-3-10-11(9)16-7-15-10;11-6-9(7-12)8-13-16(14,15)10-4-2-1-3-5-10;10-6-9(7-11)8-12-4-2-1-3-5-12/h3-7H,2,8-9,15H2,1H3,(H,16,17);1-7H,8-9,14H2;2*1-4H,5-7,13H2;1-6,13H,7-8,12H2;6H,1-5,7-8,11H2/b2*10-7+;8-4+;8-4-;9-6+;. The van der Waals surface area contributed by atoms with Crippen molar-refractivity contribution >= 4 is 32.7 Å². The smallest absolute Gasteiger partial charge is 0.411 e. The topological polar surface area (TPSA) is 313 Å². The van der Waals surface area contributed by atoms with Gasteiger partial charge in [-0.05, 0) is 128 Å². The number of fused-ring (bicyclic) bond motifs is 3. The first kappa shape index (κ1) is 77.6. The highest BCUT2D eigenvalue weighted by Gasteiger charge is 2.20. The van der Waals surface area contributed by atoms with Crippen LogP contribution in [-0.2, 0) is 21.3 Å². The quantitative estimate of drug-likeness (QED) is 0.0247. The lowest BCUT2D eigenvalue weighted by atomic mass is 10.1. The van der Waals surface area contributed by atoms with Crippen molar-refractivity contribution in [2.24, 2.45) is 34.4 Å². The molecule has 3 aliphatic rings. The molecular weight excluding hydrogens is 1250 g/mol. The highest BCUT2D eigenvalue weighted by molar-refractivity contribution is 7.89. The number of anilines is 1. The first-order valence-corrected chi connectivity index (χ1v) is 31.1. The number of hydrogen-bond donors (Lipinski definition) is 8. The number of nitrogens with zero attached hydrogens (tertiary/aromatic N) is 2. The van der Waals surface area contributed by atoms with Gasteiger partial charge < -0.3 is 76.9 Å². The summed E-state index contributed by atoms with van der Waals surface area (Å²) in [6.45, 7) is 6.93. The van der Waals surface area contributed by atoms with Crippen LogP contribution < -0.4 is 77.6 Å². The number of nitrogens with two attached hydrogens (primary N) is 6. The van der Waals surface area contributed by atoms with Gasteiger partial charge in [0.05, 0.1) is 49.5 Å². The Kier molecular flexibility index (Phi) is 36.9. The van der Waals surface area contributed by atoms with Crippen LogP contribution in [0.15, 0.2) is 204 Å². The number of para-hydroxylation sites is 3. The average Bonchev–Trinajstić information content (AvgIpc) is 1.76. The van der Waals surface area contributed by atoms with Crippen molar-refractivity contribution in [3.63, 3.8) is 0 Å². The Morgan fingerprint density at radius 3 is 1.50 bits per heavy atom. The number of benzene rings is 5. The lowest BCUT2D eigenvalue weighted by molar-refractivity contribution is 0.167. The molecule has 3 aliphatic heterocycles. The predicted molar refractivity (Wildman–Crippen MR) is 352 cm³/mol. The number of piperidine rings is 1. The lowest BCUT2D eigenvalue weighted by Crippen LogP contribution is -2.32. The molecule has 0 spiro atoms. The number of likely N-dealkylation sites (tertiary alicyclic amines) is 1.